The highest BCUT2D eigenvalue weighted by Gasteiger charge is 2.18. The Balaban J connectivity index is 1.55. The summed E-state index contributed by atoms with van der Waals surface area (Å²) in [6, 6.07) is 14.5. The van der Waals surface area contributed by atoms with E-state index >= 15 is 0 Å². The largest absolute Gasteiger partial charge is 0.497 e. The van der Waals surface area contributed by atoms with Crippen LogP contribution >= 0.6 is 27.5 Å². The van der Waals surface area contributed by atoms with Crippen molar-refractivity contribution in [2.45, 2.75) is 6.92 Å². The van der Waals surface area contributed by atoms with Crippen molar-refractivity contribution in [3.05, 3.63) is 64.3 Å². The van der Waals surface area contributed by atoms with Crippen LogP contribution < -0.4 is 10.1 Å². The number of halogens is 1. The molecule has 0 bridgehead atoms. The second-order valence-electron chi connectivity index (χ2n) is 5.99. The smallest absolute Gasteiger partial charge is 0.257 e. The maximum absolute atomic E-state index is 12.4. The van der Waals surface area contributed by atoms with Crippen LogP contribution in [0.25, 0.3) is 17.2 Å². The lowest BCUT2D eigenvalue weighted by Crippen LogP contribution is -2.11. The number of carbonyl (C=O) groups excluding carboxylic acids is 1. The molecular weight excluding hydrogens is 456 g/mol. The van der Waals surface area contributed by atoms with Crippen molar-refractivity contribution in [3.8, 4) is 23.0 Å². The first-order valence-corrected chi connectivity index (χ1v) is 10.1. The average Bonchev–Trinajstić information content (AvgIpc) is 3.35. The summed E-state index contributed by atoms with van der Waals surface area (Å²) in [5.74, 6) is 0.822. The van der Waals surface area contributed by atoms with Gasteiger partial charge in [-0.1, -0.05) is 17.3 Å². The van der Waals surface area contributed by atoms with Gasteiger partial charge in [-0.3, -0.25) is 10.1 Å². The number of rotatable bonds is 5. The predicted octanol–water partition coefficient (Wildman–Crippen LogP) is 4.12. The van der Waals surface area contributed by atoms with Crippen molar-refractivity contribution in [3.63, 3.8) is 0 Å². The van der Waals surface area contributed by atoms with Gasteiger partial charge < -0.3 is 4.74 Å². The zero-order chi connectivity index (χ0) is 20.4. The van der Waals surface area contributed by atoms with Crippen molar-refractivity contribution in [1.29, 1.82) is 0 Å². The first-order valence-electron chi connectivity index (χ1n) is 8.53. The van der Waals surface area contributed by atoms with Crippen LogP contribution in [0.15, 0.2) is 53.0 Å². The maximum Gasteiger partial charge on any atom is 0.257 e. The Morgan fingerprint density at radius 3 is 2.66 bits per heavy atom. The maximum atomic E-state index is 12.4. The third-order valence-corrected chi connectivity index (χ3v) is 5.49. The molecule has 0 spiro atoms. The highest BCUT2D eigenvalue weighted by Crippen LogP contribution is 2.26. The Morgan fingerprint density at radius 1 is 1.17 bits per heavy atom. The van der Waals surface area contributed by atoms with Crippen LogP contribution in [0.2, 0.25) is 0 Å². The first-order chi connectivity index (χ1) is 14.1. The SMILES string of the molecule is COc1ccc(C(=O)Nc2nc(-c3nnn(-c4ccccc4Br)c3C)ns2)cc1. The van der Waals surface area contributed by atoms with E-state index in [1.54, 1.807) is 36.1 Å². The fourth-order valence-electron chi connectivity index (χ4n) is 2.67. The van der Waals surface area contributed by atoms with E-state index in [9.17, 15) is 4.79 Å². The minimum atomic E-state index is -0.274. The standard InChI is InChI=1S/C19H15BrN6O2S/c1-11-16(23-25-26(11)15-6-4-3-5-14(15)20)17-21-19(29-24-17)22-18(27)12-7-9-13(28-2)10-8-12/h3-10H,1-2H3,(H,21,22,24,27). The number of aromatic nitrogens is 5. The number of nitrogens with one attached hydrogen (secondary N) is 1. The highest BCUT2D eigenvalue weighted by molar-refractivity contribution is 9.10. The Kier molecular flexibility index (Phi) is 5.36. The van der Waals surface area contributed by atoms with E-state index in [0.29, 0.717) is 28.0 Å². The van der Waals surface area contributed by atoms with E-state index in [-0.39, 0.29) is 5.91 Å². The van der Waals surface area contributed by atoms with Gasteiger partial charge in [0.15, 0.2) is 11.5 Å². The molecule has 1 N–H and O–H groups in total. The van der Waals surface area contributed by atoms with Crippen LogP contribution in [-0.2, 0) is 0 Å². The van der Waals surface area contributed by atoms with Crippen LogP contribution in [0, 0.1) is 6.92 Å². The van der Waals surface area contributed by atoms with Crippen LogP contribution in [-0.4, -0.2) is 37.4 Å². The minimum Gasteiger partial charge on any atom is -0.497 e. The molecule has 1 amide bonds. The summed E-state index contributed by atoms with van der Waals surface area (Å²) >= 11 is 4.61. The Labute approximate surface area is 178 Å². The Bertz CT molecular complexity index is 1170. The number of ether oxygens (including phenoxy) is 1. The molecule has 146 valence electrons. The van der Waals surface area contributed by atoms with Crippen LogP contribution in [0.4, 0.5) is 5.13 Å². The molecule has 0 saturated heterocycles. The summed E-state index contributed by atoms with van der Waals surface area (Å²) in [5, 5.41) is 11.6. The number of anilines is 1. The van der Waals surface area contributed by atoms with Crippen molar-refractivity contribution in [1.82, 2.24) is 24.4 Å². The first kappa shape index (κ1) is 19.2. The molecule has 8 nitrogen and oxygen atoms in total. The second-order valence-corrected chi connectivity index (χ2v) is 7.60. The number of para-hydroxylation sites is 1. The molecular formula is C19H15BrN6O2S. The summed E-state index contributed by atoms with van der Waals surface area (Å²) in [7, 11) is 1.58. The van der Waals surface area contributed by atoms with Gasteiger partial charge in [0.1, 0.15) is 5.75 Å². The summed E-state index contributed by atoms with van der Waals surface area (Å²) in [6.45, 7) is 1.89. The molecule has 0 fully saturated rings. The van der Waals surface area contributed by atoms with Gasteiger partial charge in [-0.15, -0.1) is 5.10 Å². The number of benzene rings is 2. The molecule has 0 aliphatic carbocycles. The molecule has 29 heavy (non-hydrogen) atoms. The van der Waals surface area contributed by atoms with Crippen molar-refractivity contribution < 1.29 is 9.53 Å². The molecule has 0 unspecified atom stereocenters. The number of amides is 1. The van der Waals surface area contributed by atoms with Gasteiger partial charge in [-0.2, -0.15) is 9.36 Å². The Hall–Kier alpha value is -3.11. The normalized spacial score (nSPS) is 10.7. The van der Waals surface area contributed by atoms with Gasteiger partial charge in [-0.05, 0) is 59.3 Å². The minimum absolute atomic E-state index is 0.274. The topological polar surface area (TPSA) is 94.8 Å². The van der Waals surface area contributed by atoms with Crippen molar-refractivity contribution in [2.75, 3.05) is 12.4 Å². The number of hydrogen-bond donors (Lipinski definition) is 1. The lowest BCUT2D eigenvalue weighted by Gasteiger charge is -2.05. The molecule has 0 radical (unpaired) electrons. The summed E-state index contributed by atoms with van der Waals surface area (Å²) in [6.07, 6.45) is 0. The fraction of sp³-hybridized carbons (Fsp3) is 0.105. The summed E-state index contributed by atoms with van der Waals surface area (Å²) in [5.41, 5.74) is 2.72. The van der Waals surface area contributed by atoms with E-state index < -0.39 is 0 Å². The van der Waals surface area contributed by atoms with E-state index in [2.05, 4.69) is 40.9 Å². The molecule has 0 saturated carbocycles. The van der Waals surface area contributed by atoms with Gasteiger partial charge in [-0.25, -0.2) is 4.68 Å². The van der Waals surface area contributed by atoms with Crippen LogP contribution in [0.3, 0.4) is 0 Å². The van der Waals surface area contributed by atoms with Gasteiger partial charge in [0, 0.05) is 21.6 Å². The van der Waals surface area contributed by atoms with E-state index in [4.69, 9.17) is 4.74 Å². The van der Waals surface area contributed by atoms with Gasteiger partial charge in [0.05, 0.1) is 18.5 Å². The van der Waals surface area contributed by atoms with Gasteiger partial charge in [0.25, 0.3) is 5.91 Å². The zero-order valence-electron chi connectivity index (χ0n) is 15.5. The molecule has 0 atom stereocenters. The monoisotopic (exact) mass is 470 g/mol. The van der Waals surface area contributed by atoms with Gasteiger partial charge >= 0.3 is 0 Å². The van der Waals surface area contributed by atoms with Crippen LogP contribution in [0.1, 0.15) is 16.1 Å². The van der Waals surface area contributed by atoms with Crippen molar-refractivity contribution >= 4 is 38.5 Å². The van der Waals surface area contributed by atoms with Gasteiger partial charge in [0.2, 0.25) is 5.13 Å². The average molecular weight is 471 g/mol. The fourth-order valence-corrected chi connectivity index (χ4v) is 3.69. The van der Waals surface area contributed by atoms with Crippen molar-refractivity contribution in [2.24, 2.45) is 0 Å². The highest BCUT2D eigenvalue weighted by atomic mass is 79.9. The zero-order valence-corrected chi connectivity index (χ0v) is 17.9. The molecule has 2 aromatic heterocycles. The number of nitrogens with zero attached hydrogens (tertiary/aromatic N) is 5. The van der Waals surface area contributed by atoms with Crippen LogP contribution in [0.5, 0.6) is 5.75 Å². The molecule has 0 aliphatic heterocycles. The molecule has 10 heteroatoms. The summed E-state index contributed by atoms with van der Waals surface area (Å²) < 4.78 is 12.0. The summed E-state index contributed by atoms with van der Waals surface area (Å²) in [4.78, 5) is 16.8. The van der Waals surface area contributed by atoms with E-state index in [0.717, 1.165) is 27.4 Å². The number of hydrogen-bond acceptors (Lipinski definition) is 7. The second kappa shape index (κ2) is 8.10. The molecule has 0 aliphatic rings. The third kappa shape index (κ3) is 3.89. The molecule has 2 heterocycles. The quantitative estimate of drug-likeness (QED) is 0.471. The number of carbonyl (C=O) groups is 1. The van der Waals surface area contributed by atoms with E-state index in [1.165, 1.54) is 0 Å². The lowest BCUT2D eigenvalue weighted by molar-refractivity contribution is 0.102. The number of methoxy groups -OCH3 is 1. The molecule has 4 rings (SSSR count). The lowest BCUT2D eigenvalue weighted by atomic mass is 10.2. The molecule has 4 aromatic rings. The Morgan fingerprint density at radius 2 is 1.93 bits per heavy atom. The third-order valence-electron chi connectivity index (χ3n) is 4.19. The molecule has 2 aromatic carbocycles. The van der Waals surface area contributed by atoms with E-state index in [1.807, 2.05) is 31.2 Å². The predicted molar refractivity (Wildman–Crippen MR) is 114 cm³/mol.